The van der Waals surface area contributed by atoms with Crippen molar-refractivity contribution in [3.63, 3.8) is 0 Å². The van der Waals surface area contributed by atoms with Gasteiger partial charge in [0.25, 0.3) is 0 Å². The van der Waals surface area contributed by atoms with E-state index in [9.17, 15) is 0 Å². The molecule has 0 aromatic carbocycles. The first kappa shape index (κ1) is 14.5. The Morgan fingerprint density at radius 1 is 1.27 bits per heavy atom. The van der Waals surface area contributed by atoms with Gasteiger partial charge in [-0.2, -0.15) is 0 Å². The van der Waals surface area contributed by atoms with Crippen LogP contribution in [-0.4, -0.2) is 24.8 Å². The molecular weight excluding hydrogens is 188 g/mol. The van der Waals surface area contributed by atoms with Crippen molar-refractivity contribution in [2.24, 2.45) is 11.7 Å². The van der Waals surface area contributed by atoms with Crippen molar-refractivity contribution in [1.29, 1.82) is 0 Å². The topological polar surface area (TPSA) is 47.3 Å². The molecule has 15 heavy (non-hydrogen) atoms. The maximum atomic E-state index is 6.10. The second-order valence-corrected chi connectivity index (χ2v) is 4.75. The summed E-state index contributed by atoms with van der Waals surface area (Å²) < 4.78 is 5.51. The number of ether oxygens (including phenoxy) is 1. The fourth-order valence-corrected chi connectivity index (χ4v) is 1.30. The van der Waals surface area contributed by atoms with Gasteiger partial charge in [0, 0.05) is 13.2 Å². The van der Waals surface area contributed by atoms with Crippen LogP contribution in [0.1, 0.15) is 34.6 Å². The zero-order chi connectivity index (χ0) is 12.1. The number of nitrogens with two attached hydrogens (primary N) is 1. The highest BCUT2D eigenvalue weighted by atomic mass is 16.5. The van der Waals surface area contributed by atoms with Crippen LogP contribution in [0.3, 0.4) is 0 Å². The Labute approximate surface area is 94.1 Å². The molecule has 0 fully saturated rings. The molecule has 0 amide bonds. The quantitative estimate of drug-likeness (QED) is 0.710. The second-order valence-electron chi connectivity index (χ2n) is 4.75. The van der Waals surface area contributed by atoms with Crippen LogP contribution in [0.2, 0.25) is 0 Å². The predicted octanol–water partition coefficient (Wildman–Crippen LogP) is 1.89. The van der Waals surface area contributed by atoms with Crippen molar-refractivity contribution in [1.82, 2.24) is 5.32 Å². The SMILES string of the molecule is CO[C@@](C)(C(C)C)C(N)/C=C/NC(C)C. The number of hydrogen-bond donors (Lipinski definition) is 2. The van der Waals surface area contributed by atoms with Crippen molar-refractivity contribution < 1.29 is 4.74 Å². The van der Waals surface area contributed by atoms with Crippen molar-refractivity contribution in [3.8, 4) is 0 Å². The van der Waals surface area contributed by atoms with Gasteiger partial charge in [-0.15, -0.1) is 0 Å². The van der Waals surface area contributed by atoms with E-state index in [0.29, 0.717) is 12.0 Å². The van der Waals surface area contributed by atoms with Gasteiger partial charge in [-0.1, -0.05) is 13.8 Å². The summed E-state index contributed by atoms with van der Waals surface area (Å²) in [7, 11) is 1.71. The Kier molecular flexibility index (Phi) is 5.91. The summed E-state index contributed by atoms with van der Waals surface area (Å²) in [6, 6.07) is 0.329. The fraction of sp³-hybridized carbons (Fsp3) is 0.833. The van der Waals surface area contributed by atoms with Crippen LogP contribution in [0.25, 0.3) is 0 Å². The van der Waals surface area contributed by atoms with Crippen LogP contribution in [-0.2, 0) is 4.74 Å². The van der Waals surface area contributed by atoms with E-state index >= 15 is 0 Å². The van der Waals surface area contributed by atoms with Gasteiger partial charge in [-0.3, -0.25) is 0 Å². The Balaban J connectivity index is 4.40. The standard InChI is InChI=1S/C12H26N2O/c1-9(2)12(5,15-6)11(13)7-8-14-10(3)4/h7-11,14H,13H2,1-6H3/b8-7+/t11?,12-/m0/s1. The van der Waals surface area contributed by atoms with E-state index in [-0.39, 0.29) is 11.6 Å². The average Bonchev–Trinajstić information content (AvgIpc) is 2.15. The Morgan fingerprint density at radius 3 is 2.13 bits per heavy atom. The lowest BCUT2D eigenvalue weighted by Gasteiger charge is -2.36. The lowest BCUT2D eigenvalue weighted by molar-refractivity contribution is -0.0413. The number of methoxy groups -OCH3 is 1. The highest BCUT2D eigenvalue weighted by Crippen LogP contribution is 2.24. The minimum atomic E-state index is -0.310. The van der Waals surface area contributed by atoms with E-state index in [1.54, 1.807) is 7.11 Å². The van der Waals surface area contributed by atoms with Crippen LogP contribution in [0.15, 0.2) is 12.3 Å². The first-order chi connectivity index (χ1) is 6.84. The maximum Gasteiger partial charge on any atom is 0.0859 e. The zero-order valence-corrected chi connectivity index (χ0v) is 10.9. The molecule has 0 aromatic heterocycles. The Bertz CT molecular complexity index is 202. The van der Waals surface area contributed by atoms with E-state index in [1.165, 1.54) is 0 Å². The van der Waals surface area contributed by atoms with E-state index in [4.69, 9.17) is 10.5 Å². The fourth-order valence-electron chi connectivity index (χ4n) is 1.30. The lowest BCUT2D eigenvalue weighted by Crippen LogP contribution is -2.50. The predicted molar refractivity (Wildman–Crippen MR) is 65.6 cm³/mol. The third-order valence-corrected chi connectivity index (χ3v) is 2.98. The molecule has 0 heterocycles. The van der Waals surface area contributed by atoms with Crippen molar-refractivity contribution in [2.75, 3.05) is 7.11 Å². The van der Waals surface area contributed by atoms with Gasteiger partial charge in [-0.25, -0.2) is 0 Å². The van der Waals surface area contributed by atoms with Crippen molar-refractivity contribution in [3.05, 3.63) is 12.3 Å². The third kappa shape index (κ3) is 4.22. The summed E-state index contributed by atoms with van der Waals surface area (Å²) in [5.74, 6) is 0.376. The summed E-state index contributed by atoms with van der Waals surface area (Å²) >= 11 is 0. The smallest absolute Gasteiger partial charge is 0.0859 e. The van der Waals surface area contributed by atoms with Crippen LogP contribution >= 0.6 is 0 Å². The first-order valence-corrected chi connectivity index (χ1v) is 5.58. The van der Waals surface area contributed by atoms with Gasteiger partial charge in [0.1, 0.15) is 0 Å². The van der Waals surface area contributed by atoms with E-state index in [2.05, 4.69) is 33.0 Å². The zero-order valence-electron chi connectivity index (χ0n) is 10.9. The largest absolute Gasteiger partial charge is 0.389 e. The summed E-state index contributed by atoms with van der Waals surface area (Å²) in [5.41, 5.74) is 5.79. The molecule has 0 saturated heterocycles. The molecule has 0 spiro atoms. The van der Waals surface area contributed by atoms with Gasteiger partial charge >= 0.3 is 0 Å². The van der Waals surface area contributed by atoms with Gasteiger partial charge < -0.3 is 15.8 Å². The molecule has 0 aliphatic heterocycles. The average molecular weight is 214 g/mol. The second kappa shape index (κ2) is 6.13. The first-order valence-electron chi connectivity index (χ1n) is 5.58. The minimum Gasteiger partial charge on any atom is -0.389 e. The van der Waals surface area contributed by atoms with E-state index in [0.717, 1.165) is 0 Å². The Morgan fingerprint density at radius 2 is 1.80 bits per heavy atom. The van der Waals surface area contributed by atoms with Gasteiger partial charge in [-0.05, 0) is 39.0 Å². The summed E-state index contributed by atoms with van der Waals surface area (Å²) in [4.78, 5) is 0. The van der Waals surface area contributed by atoms with Gasteiger partial charge in [0.05, 0.1) is 11.6 Å². The van der Waals surface area contributed by atoms with Crippen molar-refractivity contribution in [2.45, 2.75) is 52.3 Å². The summed E-state index contributed by atoms with van der Waals surface area (Å²) in [6.07, 6.45) is 3.87. The third-order valence-electron chi connectivity index (χ3n) is 2.98. The molecule has 0 bridgehead atoms. The number of hydrogen-bond acceptors (Lipinski definition) is 3. The highest BCUT2D eigenvalue weighted by molar-refractivity contribution is 5.03. The molecule has 0 aromatic rings. The van der Waals surface area contributed by atoms with Crippen molar-refractivity contribution >= 4 is 0 Å². The van der Waals surface area contributed by atoms with Crippen LogP contribution in [0.4, 0.5) is 0 Å². The Hall–Kier alpha value is -0.540. The molecule has 3 heteroatoms. The number of rotatable bonds is 6. The van der Waals surface area contributed by atoms with Gasteiger partial charge in [0.2, 0.25) is 0 Å². The minimum absolute atomic E-state index is 0.103. The molecule has 0 saturated carbocycles. The molecule has 3 nitrogen and oxygen atoms in total. The normalized spacial score (nSPS) is 18.5. The van der Waals surface area contributed by atoms with Gasteiger partial charge in [0.15, 0.2) is 0 Å². The molecule has 3 N–H and O–H groups in total. The highest BCUT2D eigenvalue weighted by Gasteiger charge is 2.33. The molecule has 0 aliphatic carbocycles. The molecule has 0 aliphatic rings. The molecule has 2 atom stereocenters. The van der Waals surface area contributed by atoms with Crippen LogP contribution in [0.5, 0.6) is 0 Å². The maximum absolute atomic E-state index is 6.10. The molecule has 0 radical (unpaired) electrons. The number of nitrogens with one attached hydrogen (secondary N) is 1. The molecule has 90 valence electrons. The van der Waals surface area contributed by atoms with Crippen LogP contribution in [0, 0.1) is 5.92 Å². The van der Waals surface area contributed by atoms with E-state index < -0.39 is 0 Å². The monoisotopic (exact) mass is 214 g/mol. The lowest BCUT2D eigenvalue weighted by atomic mass is 9.85. The molecular formula is C12H26N2O. The van der Waals surface area contributed by atoms with E-state index in [1.807, 2.05) is 19.2 Å². The molecule has 1 unspecified atom stereocenters. The molecule has 0 rings (SSSR count). The van der Waals surface area contributed by atoms with Crippen LogP contribution < -0.4 is 11.1 Å². The summed E-state index contributed by atoms with van der Waals surface area (Å²) in [6.45, 7) is 10.5. The summed E-state index contributed by atoms with van der Waals surface area (Å²) in [5, 5.41) is 3.20.